The van der Waals surface area contributed by atoms with Crippen LogP contribution in [0, 0.1) is 6.92 Å². The molecule has 6 heteroatoms. The first kappa shape index (κ1) is 14.9. The van der Waals surface area contributed by atoms with Crippen LogP contribution < -0.4 is 10.1 Å². The fourth-order valence-electron chi connectivity index (χ4n) is 1.79. The number of esters is 1. The van der Waals surface area contributed by atoms with Gasteiger partial charge in [-0.3, -0.25) is 4.68 Å². The number of carbonyl (C=O) groups is 1. The summed E-state index contributed by atoms with van der Waals surface area (Å²) in [4.78, 5) is 11.0. The molecule has 21 heavy (non-hydrogen) atoms. The standard InChI is InChI=1S/C15H19N3O3/c1-11-12(9-17-18(11)2)8-16-13-4-6-14(7-5-13)21-10-15(19)20-3/h4-7,9,16H,8,10H2,1-3H3. The summed E-state index contributed by atoms with van der Waals surface area (Å²) in [7, 11) is 3.26. The number of aryl methyl sites for hydroxylation is 1. The molecule has 0 bridgehead atoms. The molecule has 112 valence electrons. The average molecular weight is 289 g/mol. The first-order valence-electron chi connectivity index (χ1n) is 6.61. The van der Waals surface area contributed by atoms with Crippen molar-refractivity contribution in [3.8, 4) is 5.75 Å². The maximum absolute atomic E-state index is 11.0. The normalized spacial score (nSPS) is 10.2. The van der Waals surface area contributed by atoms with Crippen molar-refractivity contribution in [2.24, 2.45) is 7.05 Å². The number of rotatable bonds is 6. The molecular weight excluding hydrogens is 270 g/mol. The molecule has 0 aliphatic rings. The number of hydrogen-bond acceptors (Lipinski definition) is 5. The Labute approximate surface area is 123 Å². The van der Waals surface area contributed by atoms with E-state index in [0.717, 1.165) is 16.9 Å². The van der Waals surface area contributed by atoms with Gasteiger partial charge in [0.1, 0.15) is 5.75 Å². The Hall–Kier alpha value is -2.50. The zero-order valence-electron chi connectivity index (χ0n) is 12.4. The lowest BCUT2D eigenvalue weighted by Crippen LogP contribution is -2.12. The minimum Gasteiger partial charge on any atom is -0.482 e. The van der Waals surface area contributed by atoms with Gasteiger partial charge in [0, 0.05) is 30.5 Å². The highest BCUT2D eigenvalue weighted by Gasteiger charge is 2.04. The Morgan fingerprint density at radius 1 is 1.33 bits per heavy atom. The fraction of sp³-hybridized carbons (Fsp3) is 0.333. The van der Waals surface area contributed by atoms with Crippen LogP contribution in [0.5, 0.6) is 5.75 Å². The molecule has 0 radical (unpaired) electrons. The van der Waals surface area contributed by atoms with Crippen LogP contribution in [-0.4, -0.2) is 29.5 Å². The van der Waals surface area contributed by atoms with Crippen molar-refractivity contribution in [3.63, 3.8) is 0 Å². The Morgan fingerprint density at radius 3 is 2.62 bits per heavy atom. The molecule has 0 saturated heterocycles. The van der Waals surface area contributed by atoms with Crippen molar-refractivity contribution in [1.29, 1.82) is 0 Å². The molecule has 0 unspecified atom stereocenters. The van der Waals surface area contributed by atoms with E-state index in [4.69, 9.17) is 4.74 Å². The van der Waals surface area contributed by atoms with Crippen LogP contribution in [0.2, 0.25) is 0 Å². The van der Waals surface area contributed by atoms with Crippen LogP contribution in [-0.2, 0) is 23.1 Å². The molecular formula is C15H19N3O3. The third-order valence-electron chi connectivity index (χ3n) is 3.26. The van der Waals surface area contributed by atoms with Gasteiger partial charge in [-0.1, -0.05) is 0 Å². The van der Waals surface area contributed by atoms with E-state index in [9.17, 15) is 4.79 Å². The summed E-state index contributed by atoms with van der Waals surface area (Å²) in [5.74, 6) is 0.229. The van der Waals surface area contributed by atoms with Crippen LogP contribution >= 0.6 is 0 Å². The fourth-order valence-corrected chi connectivity index (χ4v) is 1.79. The summed E-state index contributed by atoms with van der Waals surface area (Å²) in [6, 6.07) is 7.42. The van der Waals surface area contributed by atoms with E-state index in [0.29, 0.717) is 12.3 Å². The molecule has 6 nitrogen and oxygen atoms in total. The zero-order valence-corrected chi connectivity index (χ0v) is 12.4. The predicted octanol–water partition coefficient (Wildman–Crippen LogP) is 1.89. The summed E-state index contributed by atoms with van der Waals surface area (Å²) < 4.78 is 11.6. The molecule has 2 rings (SSSR count). The van der Waals surface area contributed by atoms with Crippen LogP contribution in [0.25, 0.3) is 0 Å². The van der Waals surface area contributed by atoms with E-state index in [1.54, 1.807) is 12.1 Å². The van der Waals surface area contributed by atoms with Crippen LogP contribution in [0.3, 0.4) is 0 Å². The Bertz CT molecular complexity index is 605. The lowest BCUT2D eigenvalue weighted by Gasteiger charge is -2.08. The van der Waals surface area contributed by atoms with E-state index in [-0.39, 0.29) is 6.61 Å². The van der Waals surface area contributed by atoms with Gasteiger partial charge < -0.3 is 14.8 Å². The van der Waals surface area contributed by atoms with Crippen LogP contribution in [0.15, 0.2) is 30.5 Å². The number of benzene rings is 1. The zero-order chi connectivity index (χ0) is 15.2. The number of nitrogens with one attached hydrogen (secondary N) is 1. The van der Waals surface area contributed by atoms with E-state index < -0.39 is 5.97 Å². The number of anilines is 1. The number of methoxy groups -OCH3 is 1. The lowest BCUT2D eigenvalue weighted by molar-refractivity contribution is -0.142. The van der Waals surface area contributed by atoms with E-state index >= 15 is 0 Å². The van der Waals surface area contributed by atoms with Gasteiger partial charge in [0.25, 0.3) is 0 Å². The quantitative estimate of drug-likeness (QED) is 0.823. The van der Waals surface area contributed by atoms with E-state index in [1.165, 1.54) is 7.11 Å². The van der Waals surface area contributed by atoms with E-state index in [2.05, 4.69) is 15.2 Å². The van der Waals surface area contributed by atoms with Crippen LogP contribution in [0.4, 0.5) is 5.69 Å². The van der Waals surface area contributed by atoms with Crippen molar-refractivity contribution < 1.29 is 14.3 Å². The third kappa shape index (κ3) is 3.98. The van der Waals surface area contributed by atoms with Gasteiger partial charge in [0.2, 0.25) is 0 Å². The van der Waals surface area contributed by atoms with Crippen LogP contribution in [0.1, 0.15) is 11.3 Å². The second kappa shape index (κ2) is 6.78. The SMILES string of the molecule is COC(=O)COc1ccc(NCc2cnn(C)c2C)cc1. The molecule has 0 aliphatic heterocycles. The molecule has 1 heterocycles. The monoisotopic (exact) mass is 289 g/mol. The second-order valence-corrected chi connectivity index (χ2v) is 4.62. The number of ether oxygens (including phenoxy) is 2. The summed E-state index contributed by atoms with van der Waals surface area (Å²) in [6.45, 7) is 2.66. The largest absolute Gasteiger partial charge is 0.482 e. The maximum Gasteiger partial charge on any atom is 0.343 e. The molecule has 2 aromatic rings. The minimum atomic E-state index is -0.399. The molecule has 1 N–H and O–H groups in total. The van der Waals surface area contributed by atoms with Gasteiger partial charge in [-0.05, 0) is 31.2 Å². The third-order valence-corrected chi connectivity index (χ3v) is 3.26. The highest BCUT2D eigenvalue weighted by Crippen LogP contribution is 2.17. The molecule has 0 fully saturated rings. The van der Waals surface area contributed by atoms with Gasteiger partial charge in [0.15, 0.2) is 6.61 Å². The van der Waals surface area contributed by atoms with Crippen molar-refractivity contribution in [3.05, 3.63) is 41.7 Å². The number of hydrogen-bond donors (Lipinski definition) is 1. The van der Waals surface area contributed by atoms with E-state index in [1.807, 2.05) is 37.0 Å². The Morgan fingerprint density at radius 2 is 2.05 bits per heavy atom. The molecule has 1 aromatic carbocycles. The topological polar surface area (TPSA) is 65.4 Å². The predicted molar refractivity (Wildman–Crippen MR) is 79.2 cm³/mol. The molecule has 1 aromatic heterocycles. The van der Waals surface area contributed by atoms with Crippen molar-refractivity contribution >= 4 is 11.7 Å². The maximum atomic E-state index is 11.0. The summed E-state index contributed by atoms with van der Waals surface area (Å²) >= 11 is 0. The molecule has 0 amide bonds. The molecule has 0 spiro atoms. The number of carbonyl (C=O) groups excluding carboxylic acids is 1. The number of nitrogens with zero attached hydrogens (tertiary/aromatic N) is 2. The van der Waals surface area contributed by atoms with Gasteiger partial charge in [0.05, 0.1) is 13.3 Å². The van der Waals surface area contributed by atoms with Gasteiger partial charge in [-0.15, -0.1) is 0 Å². The first-order chi connectivity index (χ1) is 10.1. The van der Waals surface area contributed by atoms with Gasteiger partial charge in [-0.2, -0.15) is 5.10 Å². The Balaban J connectivity index is 1.87. The highest BCUT2D eigenvalue weighted by molar-refractivity contribution is 5.70. The first-order valence-corrected chi connectivity index (χ1v) is 6.61. The minimum absolute atomic E-state index is 0.0852. The van der Waals surface area contributed by atoms with Crippen molar-refractivity contribution in [1.82, 2.24) is 9.78 Å². The second-order valence-electron chi connectivity index (χ2n) is 4.62. The van der Waals surface area contributed by atoms with Crippen molar-refractivity contribution in [2.45, 2.75) is 13.5 Å². The lowest BCUT2D eigenvalue weighted by atomic mass is 10.2. The summed E-state index contributed by atoms with van der Waals surface area (Å²) in [6.07, 6.45) is 1.86. The summed E-state index contributed by atoms with van der Waals surface area (Å²) in [5.41, 5.74) is 3.27. The highest BCUT2D eigenvalue weighted by atomic mass is 16.6. The number of aromatic nitrogens is 2. The van der Waals surface area contributed by atoms with Gasteiger partial charge in [-0.25, -0.2) is 4.79 Å². The Kier molecular flexibility index (Phi) is 4.81. The smallest absolute Gasteiger partial charge is 0.343 e. The molecule has 0 aliphatic carbocycles. The molecule has 0 atom stereocenters. The summed E-state index contributed by atoms with van der Waals surface area (Å²) in [5, 5.41) is 7.52. The van der Waals surface area contributed by atoms with Crippen molar-refractivity contribution in [2.75, 3.05) is 19.0 Å². The van der Waals surface area contributed by atoms with Gasteiger partial charge >= 0.3 is 5.97 Å². The average Bonchev–Trinajstić information content (AvgIpc) is 2.83. The molecule has 0 saturated carbocycles.